The SMILES string of the molecule is CCOc1ccc(C(C)NC(=O)c2ccncc2F)cc1. The van der Waals surface area contributed by atoms with Gasteiger partial charge in [0.25, 0.3) is 5.91 Å². The van der Waals surface area contributed by atoms with Gasteiger partial charge in [-0.25, -0.2) is 4.39 Å². The van der Waals surface area contributed by atoms with E-state index in [0.29, 0.717) is 6.61 Å². The number of rotatable bonds is 5. The van der Waals surface area contributed by atoms with Gasteiger partial charge >= 0.3 is 0 Å². The lowest BCUT2D eigenvalue weighted by molar-refractivity contribution is 0.0935. The van der Waals surface area contributed by atoms with Crippen LogP contribution in [-0.2, 0) is 0 Å². The summed E-state index contributed by atoms with van der Waals surface area (Å²) in [6.07, 6.45) is 2.41. The molecule has 110 valence electrons. The smallest absolute Gasteiger partial charge is 0.254 e. The van der Waals surface area contributed by atoms with E-state index in [9.17, 15) is 9.18 Å². The molecule has 0 saturated carbocycles. The zero-order chi connectivity index (χ0) is 15.2. The van der Waals surface area contributed by atoms with Crippen molar-refractivity contribution in [2.45, 2.75) is 19.9 Å². The first kappa shape index (κ1) is 15.0. The fraction of sp³-hybridized carbons (Fsp3) is 0.250. The van der Waals surface area contributed by atoms with Gasteiger partial charge in [-0.3, -0.25) is 9.78 Å². The minimum Gasteiger partial charge on any atom is -0.494 e. The maximum absolute atomic E-state index is 13.5. The summed E-state index contributed by atoms with van der Waals surface area (Å²) in [6, 6.07) is 8.55. The Hall–Kier alpha value is -2.43. The molecule has 0 bridgehead atoms. The van der Waals surface area contributed by atoms with Gasteiger partial charge in [-0.2, -0.15) is 0 Å². The highest BCUT2D eigenvalue weighted by Gasteiger charge is 2.14. The van der Waals surface area contributed by atoms with E-state index in [2.05, 4.69) is 10.3 Å². The number of halogens is 1. The Morgan fingerprint density at radius 3 is 2.67 bits per heavy atom. The molecule has 0 aliphatic rings. The van der Waals surface area contributed by atoms with Crippen molar-refractivity contribution in [2.24, 2.45) is 0 Å². The summed E-state index contributed by atoms with van der Waals surface area (Å²) >= 11 is 0. The molecule has 1 N–H and O–H groups in total. The van der Waals surface area contributed by atoms with Gasteiger partial charge in [-0.05, 0) is 37.6 Å². The van der Waals surface area contributed by atoms with Crippen molar-refractivity contribution in [3.05, 3.63) is 59.7 Å². The number of pyridine rings is 1. The predicted octanol–water partition coefficient (Wildman–Crippen LogP) is 3.11. The van der Waals surface area contributed by atoms with Crippen LogP contribution in [0.15, 0.2) is 42.7 Å². The molecule has 2 rings (SSSR count). The molecule has 0 spiro atoms. The lowest BCUT2D eigenvalue weighted by atomic mass is 10.1. The molecule has 0 aliphatic heterocycles. The van der Waals surface area contributed by atoms with E-state index >= 15 is 0 Å². The highest BCUT2D eigenvalue weighted by molar-refractivity contribution is 5.94. The Morgan fingerprint density at radius 1 is 1.33 bits per heavy atom. The monoisotopic (exact) mass is 288 g/mol. The van der Waals surface area contributed by atoms with Crippen LogP contribution in [0.1, 0.15) is 35.8 Å². The quantitative estimate of drug-likeness (QED) is 0.919. The Balaban J connectivity index is 2.05. The second-order valence-corrected chi connectivity index (χ2v) is 4.55. The molecule has 1 amide bonds. The van der Waals surface area contributed by atoms with Gasteiger partial charge in [0, 0.05) is 6.20 Å². The summed E-state index contributed by atoms with van der Waals surface area (Å²) < 4.78 is 18.9. The molecular weight excluding hydrogens is 271 g/mol. The van der Waals surface area contributed by atoms with E-state index in [1.54, 1.807) is 0 Å². The summed E-state index contributed by atoms with van der Waals surface area (Å²) in [4.78, 5) is 15.6. The number of nitrogens with zero attached hydrogens (tertiary/aromatic N) is 1. The Morgan fingerprint density at radius 2 is 2.05 bits per heavy atom. The number of ether oxygens (including phenoxy) is 1. The van der Waals surface area contributed by atoms with E-state index in [-0.39, 0.29) is 11.6 Å². The molecule has 1 heterocycles. The van der Waals surface area contributed by atoms with Gasteiger partial charge in [0.2, 0.25) is 0 Å². The highest BCUT2D eigenvalue weighted by Crippen LogP contribution is 2.18. The Labute approximate surface area is 123 Å². The third kappa shape index (κ3) is 3.78. The molecule has 0 radical (unpaired) electrons. The van der Waals surface area contributed by atoms with E-state index in [4.69, 9.17) is 4.74 Å². The van der Waals surface area contributed by atoms with Gasteiger partial charge in [0.1, 0.15) is 5.75 Å². The molecule has 4 nitrogen and oxygen atoms in total. The van der Waals surface area contributed by atoms with Crippen LogP contribution in [0.25, 0.3) is 0 Å². The molecule has 1 atom stereocenters. The average molecular weight is 288 g/mol. The Bertz CT molecular complexity index is 614. The zero-order valence-electron chi connectivity index (χ0n) is 12.0. The molecule has 5 heteroatoms. The van der Waals surface area contributed by atoms with Crippen LogP contribution in [-0.4, -0.2) is 17.5 Å². The number of carbonyl (C=O) groups is 1. The molecule has 1 aromatic heterocycles. The van der Waals surface area contributed by atoms with E-state index < -0.39 is 11.7 Å². The van der Waals surface area contributed by atoms with Crippen LogP contribution in [0, 0.1) is 5.82 Å². The van der Waals surface area contributed by atoms with Crippen molar-refractivity contribution in [1.29, 1.82) is 0 Å². The minimum absolute atomic E-state index is 0.0113. The average Bonchev–Trinajstić information content (AvgIpc) is 2.48. The van der Waals surface area contributed by atoms with Crippen LogP contribution in [0.4, 0.5) is 4.39 Å². The topological polar surface area (TPSA) is 51.2 Å². The number of hydrogen-bond acceptors (Lipinski definition) is 3. The van der Waals surface area contributed by atoms with Crippen molar-refractivity contribution in [2.75, 3.05) is 6.61 Å². The van der Waals surface area contributed by atoms with E-state index in [0.717, 1.165) is 17.5 Å². The molecule has 0 fully saturated rings. The fourth-order valence-electron chi connectivity index (χ4n) is 1.94. The molecule has 0 aliphatic carbocycles. The first-order valence-corrected chi connectivity index (χ1v) is 6.75. The van der Waals surface area contributed by atoms with Crippen molar-refractivity contribution < 1.29 is 13.9 Å². The molecule has 21 heavy (non-hydrogen) atoms. The molecule has 1 unspecified atom stereocenters. The van der Waals surface area contributed by atoms with E-state index in [1.807, 2.05) is 38.1 Å². The normalized spacial score (nSPS) is 11.8. The minimum atomic E-state index is -0.631. The summed E-state index contributed by atoms with van der Waals surface area (Å²) in [5.41, 5.74) is 0.907. The van der Waals surface area contributed by atoms with Crippen molar-refractivity contribution in [3.63, 3.8) is 0 Å². The van der Waals surface area contributed by atoms with Crippen LogP contribution in [0.3, 0.4) is 0 Å². The first-order chi connectivity index (χ1) is 10.1. The van der Waals surface area contributed by atoms with Gasteiger partial charge in [-0.1, -0.05) is 12.1 Å². The second kappa shape index (κ2) is 6.83. The third-order valence-electron chi connectivity index (χ3n) is 3.06. The highest BCUT2D eigenvalue weighted by atomic mass is 19.1. The van der Waals surface area contributed by atoms with Crippen LogP contribution < -0.4 is 10.1 Å². The van der Waals surface area contributed by atoms with Gasteiger partial charge in [-0.15, -0.1) is 0 Å². The number of benzene rings is 1. The van der Waals surface area contributed by atoms with Gasteiger partial charge < -0.3 is 10.1 Å². The molecule has 1 aromatic carbocycles. The number of carbonyl (C=O) groups excluding carboxylic acids is 1. The second-order valence-electron chi connectivity index (χ2n) is 4.55. The fourth-order valence-corrected chi connectivity index (χ4v) is 1.94. The van der Waals surface area contributed by atoms with E-state index in [1.165, 1.54) is 12.3 Å². The lowest BCUT2D eigenvalue weighted by Crippen LogP contribution is -2.27. The summed E-state index contributed by atoms with van der Waals surface area (Å²) in [5, 5.41) is 2.76. The number of nitrogens with one attached hydrogen (secondary N) is 1. The standard InChI is InChI=1S/C16H17FN2O2/c1-3-21-13-6-4-12(5-7-13)11(2)19-16(20)14-8-9-18-10-15(14)17/h4-11H,3H2,1-2H3,(H,19,20). The van der Waals surface area contributed by atoms with Crippen LogP contribution >= 0.6 is 0 Å². The van der Waals surface area contributed by atoms with Crippen molar-refractivity contribution in [1.82, 2.24) is 10.3 Å². The Kier molecular flexibility index (Phi) is 4.87. The number of hydrogen-bond donors (Lipinski definition) is 1. The number of amides is 1. The summed E-state index contributed by atoms with van der Waals surface area (Å²) in [7, 11) is 0. The lowest BCUT2D eigenvalue weighted by Gasteiger charge is -2.15. The predicted molar refractivity (Wildman–Crippen MR) is 77.7 cm³/mol. The van der Waals surface area contributed by atoms with Gasteiger partial charge in [0.15, 0.2) is 5.82 Å². The molecular formula is C16H17FN2O2. The summed E-state index contributed by atoms with van der Waals surface area (Å²) in [6.45, 7) is 4.36. The van der Waals surface area contributed by atoms with Crippen LogP contribution in [0.5, 0.6) is 5.75 Å². The largest absolute Gasteiger partial charge is 0.494 e. The molecule has 2 aromatic rings. The van der Waals surface area contributed by atoms with Crippen molar-refractivity contribution in [3.8, 4) is 5.75 Å². The number of aromatic nitrogens is 1. The first-order valence-electron chi connectivity index (χ1n) is 6.75. The van der Waals surface area contributed by atoms with Crippen LogP contribution in [0.2, 0.25) is 0 Å². The molecule has 0 saturated heterocycles. The maximum atomic E-state index is 13.5. The maximum Gasteiger partial charge on any atom is 0.254 e. The van der Waals surface area contributed by atoms with Crippen molar-refractivity contribution >= 4 is 5.91 Å². The third-order valence-corrected chi connectivity index (χ3v) is 3.06. The summed E-state index contributed by atoms with van der Waals surface area (Å²) in [5.74, 6) is -0.315. The van der Waals surface area contributed by atoms with Gasteiger partial charge in [0.05, 0.1) is 24.4 Å². The zero-order valence-corrected chi connectivity index (χ0v) is 12.0.